The molecule has 0 atom stereocenters. The summed E-state index contributed by atoms with van der Waals surface area (Å²) >= 11 is 3.46. The summed E-state index contributed by atoms with van der Waals surface area (Å²) in [6.45, 7) is 6.28. The van der Waals surface area contributed by atoms with E-state index < -0.39 is 6.03 Å². The second-order valence-electron chi connectivity index (χ2n) is 7.50. The molecule has 4 rings (SSSR count). The van der Waals surface area contributed by atoms with Crippen LogP contribution in [0.2, 0.25) is 0 Å². The molecule has 1 saturated heterocycles. The summed E-state index contributed by atoms with van der Waals surface area (Å²) in [7, 11) is 0. The molecule has 6 heteroatoms. The highest BCUT2D eigenvalue weighted by Crippen LogP contribution is 2.25. The van der Waals surface area contributed by atoms with Gasteiger partial charge in [0, 0.05) is 21.5 Å². The highest BCUT2D eigenvalue weighted by molar-refractivity contribution is 9.10. The molecule has 3 aromatic rings. The number of amides is 3. The van der Waals surface area contributed by atoms with Crippen LogP contribution in [0.5, 0.6) is 0 Å². The molecular formula is C24H22BrN3O2. The Labute approximate surface area is 184 Å². The van der Waals surface area contributed by atoms with Gasteiger partial charge in [-0.3, -0.25) is 9.69 Å². The van der Waals surface area contributed by atoms with E-state index in [-0.39, 0.29) is 12.5 Å². The number of nitrogens with zero attached hydrogens (tertiary/aromatic N) is 2. The van der Waals surface area contributed by atoms with E-state index in [1.54, 1.807) is 6.08 Å². The van der Waals surface area contributed by atoms with Gasteiger partial charge in [0.2, 0.25) is 0 Å². The molecule has 0 radical (unpaired) electrons. The van der Waals surface area contributed by atoms with Crippen LogP contribution in [0.3, 0.4) is 0 Å². The molecule has 0 spiro atoms. The molecule has 2 aromatic carbocycles. The second-order valence-corrected chi connectivity index (χ2v) is 8.42. The van der Waals surface area contributed by atoms with E-state index in [0.717, 1.165) is 38.2 Å². The Balaban J connectivity index is 1.61. The minimum absolute atomic E-state index is 0.250. The van der Waals surface area contributed by atoms with Crippen molar-refractivity contribution in [3.05, 3.63) is 92.8 Å². The van der Waals surface area contributed by atoms with Crippen LogP contribution in [0.15, 0.2) is 64.8 Å². The van der Waals surface area contributed by atoms with Crippen molar-refractivity contribution in [2.45, 2.75) is 27.3 Å². The molecule has 0 aliphatic carbocycles. The van der Waals surface area contributed by atoms with Gasteiger partial charge < -0.3 is 9.88 Å². The lowest BCUT2D eigenvalue weighted by molar-refractivity contribution is -0.123. The van der Waals surface area contributed by atoms with Crippen molar-refractivity contribution in [2.24, 2.45) is 0 Å². The molecule has 2 heterocycles. The third kappa shape index (κ3) is 3.83. The summed E-state index contributed by atoms with van der Waals surface area (Å²) < 4.78 is 3.15. The van der Waals surface area contributed by atoms with Gasteiger partial charge in [0.15, 0.2) is 0 Å². The van der Waals surface area contributed by atoms with Gasteiger partial charge in [-0.05, 0) is 68.3 Å². The largest absolute Gasteiger partial charge is 0.329 e. The molecule has 152 valence electrons. The van der Waals surface area contributed by atoms with Crippen molar-refractivity contribution >= 4 is 33.9 Å². The van der Waals surface area contributed by atoms with Crippen LogP contribution in [0.25, 0.3) is 11.8 Å². The molecule has 1 aliphatic heterocycles. The normalized spacial score (nSPS) is 15.2. The number of aromatic nitrogens is 1. The van der Waals surface area contributed by atoms with Gasteiger partial charge >= 0.3 is 6.03 Å². The van der Waals surface area contributed by atoms with Crippen LogP contribution >= 0.6 is 15.9 Å². The van der Waals surface area contributed by atoms with Crippen LogP contribution in [0.4, 0.5) is 4.79 Å². The van der Waals surface area contributed by atoms with Crippen LogP contribution in [-0.4, -0.2) is 21.4 Å². The zero-order valence-electron chi connectivity index (χ0n) is 17.1. The number of hydrogen-bond acceptors (Lipinski definition) is 2. The van der Waals surface area contributed by atoms with E-state index in [2.05, 4.69) is 25.8 Å². The van der Waals surface area contributed by atoms with Crippen molar-refractivity contribution in [1.29, 1.82) is 0 Å². The summed E-state index contributed by atoms with van der Waals surface area (Å²) in [6.07, 6.45) is 1.76. The number of halogens is 1. The van der Waals surface area contributed by atoms with Crippen LogP contribution in [0, 0.1) is 20.8 Å². The lowest BCUT2D eigenvalue weighted by Crippen LogP contribution is -2.30. The first kappa shape index (κ1) is 20.2. The summed E-state index contributed by atoms with van der Waals surface area (Å²) in [5.41, 5.74) is 6.34. The van der Waals surface area contributed by atoms with Crippen molar-refractivity contribution in [3.8, 4) is 5.69 Å². The number of rotatable bonds is 4. The molecule has 1 aliphatic rings. The predicted octanol–water partition coefficient (Wildman–Crippen LogP) is 5.26. The maximum absolute atomic E-state index is 12.9. The van der Waals surface area contributed by atoms with E-state index in [9.17, 15) is 9.59 Å². The Kier molecular flexibility index (Phi) is 5.35. The number of hydrogen-bond donors (Lipinski definition) is 1. The average Bonchev–Trinajstić information content (AvgIpc) is 3.14. The Morgan fingerprint density at radius 1 is 0.967 bits per heavy atom. The van der Waals surface area contributed by atoms with E-state index in [1.807, 2.05) is 75.4 Å². The fraction of sp³-hybridized carbons (Fsp3) is 0.167. The van der Waals surface area contributed by atoms with Gasteiger partial charge in [0.05, 0.1) is 6.54 Å². The third-order valence-corrected chi connectivity index (χ3v) is 5.81. The molecule has 1 fully saturated rings. The SMILES string of the molecule is Cc1ccc(CN2C(=O)NC(=Cc3cc(C)n(-c4ccc(Br)cc4)c3C)C2=O)cc1. The molecule has 0 unspecified atom stereocenters. The minimum atomic E-state index is -0.395. The zero-order valence-corrected chi connectivity index (χ0v) is 18.7. The maximum atomic E-state index is 12.9. The smallest absolute Gasteiger partial charge is 0.318 e. The van der Waals surface area contributed by atoms with E-state index >= 15 is 0 Å². The van der Waals surface area contributed by atoms with Gasteiger partial charge in [-0.25, -0.2) is 4.79 Å². The Morgan fingerprint density at radius 3 is 2.30 bits per heavy atom. The lowest BCUT2D eigenvalue weighted by Gasteiger charge is -2.11. The summed E-state index contributed by atoms with van der Waals surface area (Å²) in [5.74, 6) is -0.311. The molecule has 0 saturated carbocycles. The number of imide groups is 1. The van der Waals surface area contributed by atoms with Gasteiger partial charge in [0.1, 0.15) is 5.70 Å². The first-order chi connectivity index (χ1) is 14.3. The van der Waals surface area contributed by atoms with Gasteiger partial charge in [-0.2, -0.15) is 0 Å². The molecular weight excluding hydrogens is 442 g/mol. The zero-order chi connectivity index (χ0) is 21.4. The van der Waals surface area contributed by atoms with Gasteiger partial charge in [-0.1, -0.05) is 45.8 Å². The predicted molar refractivity (Wildman–Crippen MR) is 121 cm³/mol. The number of urea groups is 1. The molecule has 0 bridgehead atoms. The summed E-state index contributed by atoms with van der Waals surface area (Å²) in [5, 5.41) is 2.72. The Hall–Kier alpha value is -3.12. The van der Waals surface area contributed by atoms with Crippen molar-refractivity contribution < 1.29 is 9.59 Å². The fourth-order valence-corrected chi connectivity index (χ4v) is 3.93. The molecule has 5 nitrogen and oxygen atoms in total. The summed E-state index contributed by atoms with van der Waals surface area (Å²) in [6, 6.07) is 17.5. The first-order valence-corrected chi connectivity index (χ1v) is 10.5. The highest BCUT2D eigenvalue weighted by Gasteiger charge is 2.33. The number of aryl methyl sites for hydroxylation is 2. The van der Waals surface area contributed by atoms with Crippen LogP contribution < -0.4 is 5.32 Å². The highest BCUT2D eigenvalue weighted by atomic mass is 79.9. The van der Waals surface area contributed by atoms with Gasteiger partial charge in [0.25, 0.3) is 5.91 Å². The number of nitrogens with one attached hydrogen (secondary N) is 1. The molecule has 3 amide bonds. The van der Waals surface area contributed by atoms with E-state index in [1.165, 1.54) is 4.90 Å². The fourth-order valence-electron chi connectivity index (χ4n) is 3.67. The molecule has 1 aromatic heterocycles. The summed E-state index contributed by atoms with van der Waals surface area (Å²) in [4.78, 5) is 26.5. The first-order valence-electron chi connectivity index (χ1n) is 9.68. The third-order valence-electron chi connectivity index (χ3n) is 5.28. The Bertz CT molecular complexity index is 1160. The van der Waals surface area contributed by atoms with E-state index in [0.29, 0.717) is 5.70 Å². The number of carbonyl (C=O) groups is 2. The van der Waals surface area contributed by atoms with Crippen LogP contribution in [0.1, 0.15) is 28.1 Å². The van der Waals surface area contributed by atoms with Gasteiger partial charge in [-0.15, -0.1) is 0 Å². The van der Waals surface area contributed by atoms with Crippen molar-refractivity contribution in [1.82, 2.24) is 14.8 Å². The van der Waals surface area contributed by atoms with Crippen molar-refractivity contribution in [2.75, 3.05) is 0 Å². The number of benzene rings is 2. The van der Waals surface area contributed by atoms with Crippen LogP contribution in [-0.2, 0) is 11.3 Å². The molecule has 30 heavy (non-hydrogen) atoms. The monoisotopic (exact) mass is 463 g/mol. The topological polar surface area (TPSA) is 54.3 Å². The minimum Gasteiger partial charge on any atom is -0.318 e. The Morgan fingerprint density at radius 2 is 1.63 bits per heavy atom. The lowest BCUT2D eigenvalue weighted by atomic mass is 10.1. The maximum Gasteiger partial charge on any atom is 0.329 e. The number of carbonyl (C=O) groups excluding carboxylic acids is 2. The van der Waals surface area contributed by atoms with E-state index in [4.69, 9.17) is 0 Å². The standard InChI is InChI=1S/C24H22BrN3O2/c1-15-4-6-18(7-5-15)14-27-23(29)22(26-24(27)30)13-19-12-16(2)28(17(19)3)21-10-8-20(25)9-11-21/h4-13H,14H2,1-3H3,(H,26,30). The molecule has 1 N–H and O–H groups in total. The van der Waals surface area contributed by atoms with Crippen molar-refractivity contribution in [3.63, 3.8) is 0 Å². The second kappa shape index (κ2) is 7.95. The quantitative estimate of drug-likeness (QED) is 0.423. The average molecular weight is 464 g/mol.